The molecule has 0 spiro atoms. The number of benzene rings is 1. The van der Waals surface area contributed by atoms with E-state index in [1.165, 1.54) is 24.4 Å². The number of aliphatic hydroxyl groups is 1. The van der Waals surface area contributed by atoms with Crippen molar-refractivity contribution in [1.82, 2.24) is 10.3 Å². The molecule has 1 saturated heterocycles. The summed E-state index contributed by atoms with van der Waals surface area (Å²) in [4.78, 5) is 28.6. The number of carbonyl (C=O) groups excluding carboxylic acids is 2. The lowest BCUT2D eigenvalue weighted by Crippen LogP contribution is -2.52. The molecule has 1 aromatic heterocycles. The number of halogens is 1. The molecule has 0 radical (unpaired) electrons. The Kier molecular flexibility index (Phi) is 5.86. The van der Waals surface area contributed by atoms with E-state index in [2.05, 4.69) is 15.6 Å². The third-order valence-corrected chi connectivity index (χ3v) is 4.45. The zero-order valence-corrected chi connectivity index (χ0v) is 14.9. The van der Waals surface area contributed by atoms with Crippen molar-refractivity contribution in [3.63, 3.8) is 0 Å². The number of nitrogens with one attached hydrogen (secondary N) is 2. The number of nitrogens with zero attached hydrogens (tertiary/aromatic N) is 1. The summed E-state index contributed by atoms with van der Waals surface area (Å²) in [6, 6.07) is 6.24. The Morgan fingerprint density at radius 2 is 2.11 bits per heavy atom. The highest BCUT2D eigenvalue weighted by atomic mass is 19.1. The van der Waals surface area contributed by atoms with Crippen LogP contribution in [0.3, 0.4) is 0 Å². The van der Waals surface area contributed by atoms with E-state index >= 15 is 0 Å². The van der Waals surface area contributed by atoms with Crippen LogP contribution in [-0.4, -0.2) is 52.4 Å². The van der Waals surface area contributed by atoms with Crippen molar-refractivity contribution in [2.45, 2.75) is 18.4 Å². The van der Waals surface area contributed by atoms with Crippen LogP contribution in [0.1, 0.15) is 22.5 Å². The zero-order valence-electron chi connectivity index (χ0n) is 14.9. The lowest BCUT2D eigenvalue weighted by atomic mass is 10.00. The topological polar surface area (TPSA) is 121 Å². The molecule has 1 atom stereocenters. The second kappa shape index (κ2) is 8.32. The molecule has 1 aliphatic heterocycles. The Morgan fingerprint density at radius 3 is 2.82 bits per heavy atom. The van der Waals surface area contributed by atoms with E-state index < -0.39 is 23.2 Å². The highest BCUT2D eigenvalue weighted by Crippen LogP contribution is 2.20. The van der Waals surface area contributed by atoms with Gasteiger partial charge in [-0.1, -0.05) is 0 Å². The molecule has 3 rings (SSSR count). The van der Waals surface area contributed by atoms with Crippen LogP contribution in [0.25, 0.3) is 0 Å². The van der Waals surface area contributed by atoms with E-state index in [-0.39, 0.29) is 36.6 Å². The van der Waals surface area contributed by atoms with Crippen molar-refractivity contribution in [2.24, 2.45) is 0 Å². The maximum Gasteiger partial charge on any atom is 0.270 e. The van der Waals surface area contributed by atoms with Gasteiger partial charge in [0, 0.05) is 24.1 Å². The standard InChI is InChI=1S/C19H20FN3O5/c20-13-1-2-16(25)12(7-13)8-17(26)22-14-3-5-21-15(9-14)18(27)23-19(10-24)4-6-28-11-19/h1-3,5,7,9,24-25H,4,6,8,10-11H2,(H,23,27)(H,21,22,26). The average molecular weight is 389 g/mol. The van der Waals surface area contributed by atoms with Gasteiger partial charge in [0.1, 0.15) is 17.3 Å². The van der Waals surface area contributed by atoms with Crippen LogP contribution in [0.5, 0.6) is 5.75 Å². The van der Waals surface area contributed by atoms with E-state index in [4.69, 9.17) is 4.74 Å². The van der Waals surface area contributed by atoms with Crippen LogP contribution in [0.2, 0.25) is 0 Å². The third-order valence-electron chi connectivity index (χ3n) is 4.45. The molecular weight excluding hydrogens is 369 g/mol. The van der Waals surface area contributed by atoms with Gasteiger partial charge in [0.2, 0.25) is 5.91 Å². The molecule has 2 heterocycles. The minimum absolute atomic E-state index is 0.0612. The van der Waals surface area contributed by atoms with Crippen LogP contribution in [0.15, 0.2) is 36.5 Å². The van der Waals surface area contributed by atoms with Crippen molar-refractivity contribution >= 4 is 17.5 Å². The molecule has 8 nitrogen and oxygen atoms in total. The largest absolute Gasteiger partial charge is 0.508 e. The summed E-state index contributed by atoms with van der Waals surface area (Å²) in [5.74, 6) is -1.73. The zero-order chi connectivity index (χ0) is 20.1. The van der Waals surface area contributed by atoms with Crippen molar-refractivity contribution in [1.29, 1.82) is 0 Å². The van der Waals surface area contributed by atoms with E-state index in [9.17, 15) is 24.2 Å². The summed E-state index contributed by atoms with van der Waals surface area (Å²) >= 11 is 0. The average Bonchev–Trinajstić information content (AvgIpc) is 3.14. The first kappa shape index (κ1) is 19.7. The monoisotopic (exact) mass is 389 g/mol. The van der Waals surface area contributed by atoms with E-state index in [0.717, 1.165) is 12.1 Å². The molecule has 4 N–H and O–H groups in total. The maximum absolute atomic E-state index is 13.3. The van der Waals surface area contributed by atoms with Crippen molar-refractivity contribution in [3.05, 3.63) is 53.6 Å². The molecular formula is C19H20FN3O5. The number of rotatable bonds is 6. The Morgan fingerprint density at radius 1 is 1.29 bits per heavy atom. The summed E-state index contributed by atoms with van der Waals surface area (Å²) in [5, 5.41) is 24.6. The molecule has 28 heavy (non-hydrogen) atoms. The maximum atomic E-state index is 13.3. The van der Waals surface area contributed by atoms with Crippen molar-refractivity contribution < 1.29 is 28.9 Å². The number of aliphatic hydroxyl groups excluding tert-OH is 1. The molecule has 0 saturated carbocycles. The predicted octanol–water partition coefficient (Wildman–Crippen LogP) is 0.989. The number of hydrogen-bond donors (Lipinski definition) is 4. The smallest absolute Gasteiger partial charge is 0.270 e. The van der Waals surface area contributed by atoms with Crippen LogP contribution >= 0.6 is 0 Å². The number of phenols is 1. The van der Waals surface area contributed by atoms with E-state index in [1.807, 2.05) is 0 Å². The minimum atomic E-state index is -0.840. The number of ether oxygens (including phenoxy) is 1. The fourth-order valence-corrected chi connectivity index (χ4v) is 2.88. The second-order valence-corrected chi connectivity index (χ2v) is 6.62. The third kappa shape index (κ3) is 4.62. The van der Waals surface area contributed by atoms with Crippen LogP contribution < -0.4 is 10.6 Å². The summed E-state index contributed by atoms with van der Waals surface area (Å²) in [7, 11) is 0. The van der Waals surface area contributed by atoms with Gasteiger partial charge in [-0.25, -0.2) is 4.39 Å². The number of pyridine rings is 1. The lowest BCUT2D eigenvalue weighted by molar-refractivity contribution is -0.115. The molecule has 0 aliphatic carbocycles. The van der Waals surface area contributed by atoms with E-state index in [0.29, 0.717) is 18.7 Å². The lowest BCUT2D eigenvalue weighted by Gasteiger charge is -2.26. The number of amides is 2. The highest BCUT2D eigenvalue weighted by Gasteiger charge is 2.36. The first-order chi connectivity index (χ1) is 13.4. The Labute approximate surface area is 160 Å². The molecule has 2 aromatic rings. The van der Waals surface area contributed by atoms with Gasteiger partial charge in [-0.2, -0.15) is 0 Å². The number of aromatic nitrogens is 1. The number of phenolic OH excluding ortho intramolecular Hbond substituents is 1. The molecule has 9 heteroatoms. The van der Waals surface area contributed by atoms with E-state index in [1.54, 1.807) is 0 Å². The molecule has 148 valence electrons. The van der Waals surface area contributed by atoms with Gasteiger partial charge in [0.25, 0.3) is 5.91 Å². The van der Waals surface area contributed by atoms with Gasteiger partial charge in [0.15, 0.2) is 0 Å². The fraction of sp³-hybridized carbons (Fsp3) is 0.316. The summed E-state index contributed by atoms with van der Waals surface area (Å²) in [5.41, 5.74) is -0.309. The van der Waals surface area contributed by atoms with Crippen molar-refractivity contribution in [3.8, 4) is 5.75 Å². The van der Waals surface area contributed by atoms with Crippen LogP contribution in [0, 0.1) is 5.82 Å². The summed E-state index contributed by atoms with van der Waals surface area (Å²) in [6.45, 7) is 0.395. The fourth-order valence-electron chi connectivity index (χ4n) is 2.88. The molecule has 2 amide bonds. The minimum Gasteiger partial charge on any atom is -0.508 e. The SMILES string of the molecule is O=C(Cc1cc(F)ccc1O)Nc1ccnc(C(=O)NC2(CO)CCOC2)c1. The number of hydrogen-bond acceptors (Lipinski definition) is 6. The van der Waals surface area contributed by atoms with Gasteiger partial charge in [-0.05, 0) is 36.8 Å². The van der Waals surface area contributed by atoms with Gasteiger partial charge in [-0.15, -0.1) is 0 Å². The molecule has 1 aliphatic rings. The Balaban J connectivity index is 1.66. The number of anilines is 1. The molecule has 1 aromatic carbocycles. The quantitative estimate of drug-likeness (QED) is 0.585. The summed E-state index contributed by atoms with van der Waals surface area (Å²) in [6.07, 6.45) is 1.61. The van der Waals surface area contributed by atoms with Gasteiger partial charge < -0.3 is 25.6 Å². The second-order valence-electron chi connectivity index (χ2n) is 6.62. The highest BCUT2D eigenvalue weighted by molar-refractivity contribution is 5.96. The number of carbonyl (C=O) groups is 2. The molecule has 1 fully saturated rings. The molecule has 0 bridgehead atoms. The molecule has 1 unspecified atom stereocenters. The van der Waals surface area contributed by atoms with Gasteiger partial charge in [0.05, 0.1) is 25.2 Å². The Hall–Kier alpha value is -3.04. The first-order valence-corrected chi connectivity index (χ1v) is 8.65. The van der Waals surface area contributed by atoms with Gasteiger partial charge >= 0.3 is 0 Å². The van der Waals surface area contributed by atoms with Crippen LogP contribution in [-0.2, 0) is 16.0 Å². The van der Waals surface area contributed by atoms with Crippen molar-refractivity contribution in [2.75, 3.05) is 25.1 Å². The summed E-state index contributed by atoms with van der Waals surface area (Å²) < 4.78 is 18.5. The first-order valence-electron chi connectivity index (χ1n) is 8.65. The predicted molar refractivity (Wildman–Crippen MR) is 97.4 cm³/mol. The number of aromatic hydroxyl groups is 1. The van der Waals surface area contributed by atoms with Gasteiger partial charge in [-0.3, -0.25) is 14.6 Å². The normalized spacial score (nSPS) is 18.6. The Bertz CT molecular complexity index is 884. The van der Waals surface area contributed by atoms with Crippen LogP contribution in [0.4, 0.5) is 10.1 Å².